The number of ketones is 1. The van der Waals surface area contributed by atoms with E-state index >= 15 is 0 Å². The van der Waals surface area contributed by atoms with Gasteiger partial charge in [-0.25, -0.2) is 0 Å². The average molecular weight is 273 g/mol. The molecule has 20 heavy (non-hydrogen) atoms. The summed E-state index contributed by atoms with van der Waals surface area (Å²) in [6.45, 7) is 4.33. The highest BCUT2D eigenvalue weighted by molar-refractivity contribution is 5.99. The number of rotatable bonds is 2. The molecule has 108 valence electrons. The predicted octanol–water partition coefficient (Wildman–Crippen LogP) is 2.97. The summed E-state index contributed by atoms with van der Waals surface area (Å²) < 4.78 is 6.30. The summed E-state index contributed by atoms with van der Waals surface area (Å²) in [4.78, 5) is 12.0. The first-order valence-corrected chi connectivity index (χ1v) is 7.78. The van der Waals surface area contributed by atoms with Crippen molar-refractivity contribution in [3.05, 3.63) is 29.3 Å². The minimum Gasteiger partial charge on any atom is -0.490 e. The van der Waals surface area contributed by atoms with Crippen LogP contribution in [0.1, 0.15) is 48.5 Å². The van der Waals surface area contributed by atoms with Crippen LogP contribution in [0.4, 0.5) is 0 Å². The lowest BCUT2D eigenvalue weighted by Gasteiger charge is -2.26. The molecule has 1 heterocycles. The lowest BCUT2D eigenvalue weighted by atomic mass is 9.90. The van der Waals surface area contributed by atoms with Crippen molar-refractivity contribution in [2.24, 2.45) is 5.92 Å². The second-order valence-corrected chi connectivity index (χ2v) is 6.04. The molecule has 1 aromatic rings. The van der Waals surface area contributed by atoms with E-state index in [0.29, 0.717) is 12.3 Å². The first kappa shape index (κ1) is 13.6. The zero-order chi connectivity index (χ0) is 13.9. The van der Waals surface area contributed by atoms with Gasteiger partial charge >= 0.3 is 0 Å². The van der Waals surface area contributed by atoms with Gasteiger partial charge in [-0.3, -0.25) is 4.79 Å². The lowest BCUT2D eigenvalue weighted by molar-refractivity contribution is 0.0968. The minimum atomic E-state index is 0.258. The van der Waals surface area contributed by atoms with Crippen molar-refractivity contribution in [2.75, 3.05) is 13.1 Å². The molecular formula is C17H23NO2. The number of fused-ring (bicyclic) bond motifs is 1. The number of nitrogens with one attached hydrogen (secondary N) is 1. The zero-order valence-corrected chi connectivity index (χ0v) is 12.2. The Hall–Kier alpha value is -1.35. The van der Waals surface area contributed by atoms with Gasteiger partial charge in [0.05, 0.1) is 0 Å². The van der Waals surface area contributed by atoms with Crippen molar-refractivity contribution < 1.29 is 9.53 Å². The maximum absolute atomic E-state index is 12.0. The topological polar surface area (TPSA) is 38.3 Å². The van der Waals surface area contributed by atoms with Gasteiger partial charge < -0.3 is 10.1 Å². The van der Waals surface area contributed by atoms with Gasteiger partial charge in [0.15, 0.2) is 5.78 Å². The van der Waals surface area contributed by atoms with E-state index in [2.05, 4.69) is 12.2 Å². The Labute approximate surface area is 120 Å². The molecule has 1 aliphatic carbocycles. The van der Waals surface area contributed by atoms with Gasteiger partial charge in [0.1, 0.15) is 11.9 Å². The van der Waals surface area contributed by atoms with Crippen molar-refractivity contribution in [3.8, 4) is 5.75 Å². The van der Waals surface area contributed by atoms with Gasteiger partial charge in [-0.15, -0.1) is 0 Å². The van der Waals surface area contributed by atoms with E-state index in [1.165, 1.54) is 0 Å². The normalized spacial score (nSPS) is 26.8. The van der Waals surface area contributed by atoms with E-state index in [0.717, 1.165) is 55.6 Å². The van der Waals surface area contributed by atoms with Crippen molar-refractivity contribution in [2.45, 2.75) is 45.1 Å². The molecule has 1 N–H and O–H groups in total. The van der Waals surface area contributed by atoms with Crippen LogP contribution in [-0.4, -0.2) is 25.0 Å². The highest BCUT2D eigenvalue weighted by Crippen LogP contribution is 2.31. The Morgan fingerprint density at radius 1 is 1.25 bits per heavy atom. The summed E-state index contributed by atoms with van der Waals surface area (Å²) in [5.41, 5.74) is 2.02. The summed E-state index contributed by atoms with van der Waals surface area (Å²) in [5.74, 6) is 1.72. The summed E-state index contributed by atoms with van der Waals surface area (Å²) >= 11 is 0. The molecule has 3 heteroatoms. The summed E-state index contributed by atoms with van der Waals surface area (Å²) in [7, 11) is 0. The SMILES string of the molecule is CC1CNCCCC1Oc1cccc2c1CCCC2=O. The number of ether oxygens (including phenoxy) is 1. The number of carbonyl (C=O) groups is 1. The molecule has 3 nitrogen and oxygen atoms in total. The van der Waals surface area contributed by atoms with Crippen LogP contribution >= 0.6 is 0 Å². The number of hydrogen-bond donors (Lipinski definition) is 1. The molecular weight excluding hydrogens is 250 g/mol. The van der Waals surface area contributed by atoms with E-state index in [9.17, 15) is 4.79 Å². The predicted molar refractivity (Wildman–Crippen MR) is 79.4 cm³/mol. The summed E-state index contributed by atoms with van der Waals surface area (Å²) in [6.07, 6.45) is 5.10. The van der Waals surface area contributed by atoms with E-state index < -0.39 is 0 Å². The van der Waals surface area contributed by atoms with Crippen LogP contribution in [0, 0.1) is 5.92 Å². The highest BCUT2D eigenvalue weighted by atomic mass is 16.5. The molecule has 2 atom stereocenters. The molecule has 2 unspecified atom stereocenters. The monoisotopic (exact) mass is 273 g/mol. The van der Waals surface area contributed by atoms with Crippen LogP contribution in [0.5, 0.6) is 5.75 Å². The van der Waals surface area contributed by atoms with Crippen LogP contribution in [0.25, 0.3) is 0 Å². The fraction of sp³-hybridized carbons (Fsp3) is 0.588. The van der Waals surface area contributed by atoms with Crippen LogP contribution in [0.2, 0.25) is 0 Å². The molecule has 1 fully saturated rings. The molecule has 1 aromatic carbocycles. The fourth-order valence-corrected chi connectivity index (χ4v) is 3.27. The average Bonchev–Trinajstić information content (AvgIpc) is 2.65. The van der Waals surface area contributed by atoms with Crippen LogP contribution in [-0.2, 0) is 6.42 Å². The highest BCUT2D eigenvalue weighted by Gasteiger charge is 2.25. The molecule has 0 spiro atoms. The second-order valence-electron chi connectivity index (χ2n) is 6.04. The van der Waals surface area contributed by atoms with Crippen LogP contribution in [0.15, 0.2) is 18.2 Å². The van der Waals surface area contributed by atoms with E-state index in [-0.39, 0.29) is 11.9 Å². The maximum atomic E-state index is 12.0. The van der Waals surface area contributed by atoms with Crippen molar-refractivity contribution in [1.29, 1.82) is 0 Å². The molecule has 2 aliphatic rings. The van der Waals surface area contributed by atoms with Gasteiger partial charge in [0, 0.05) is 30.0 Å². The zero-order valence-electron chi connectivity index (χ0n) is 12.2. The van der Waals surface area contributed by atoms with Gasteiger partial charge in [0.2, 0.25) is 0 Å². The van der Waals surface area contributed by atoms with E-state index in [1.54, 1.807) is 0 Å². The number of Topliss-reactive ketones (excluding diaryl/α,β-unsaturated/α-hetero) is 1. The number of carbonyl (C=O) groups excluding carboxylic acids is 1. The third kappa shape index (κ3) is 2.73. The Bertz CT molecular complexity index is 498. The minimum absolute atomic E-state index is 0.258. The summed E-state index contributed by atoms with van der Waals surface area (Å²) in [5, 5.41) is 3.45. The first-order valence-electron chi connectivity index (χ1n) is 7.78. The molecule has 1 saturated heterocycles. The van der Waals surface area contributed by atoms with Gasteiger partial charge in [-0.2, -0.15) is 0 Å². The first-order chi connectivity index (χ1) is 9.75. The number of benzene rings is 1. The fourth-order valence-electron chi connectivity index (χ4n) is 3.27. The third-order valence-corrected chi connectivity index (χ3v) is 4.49. The Morgan fingerprint density at radius 2 is 2.15 bits per heavy atom. The lowest BCUT2D eigenvalue weighted by Crippen LogP contribution is -2.30. The van der Waals surface area contributed by atoms with Gasteiger partial charge in [-0.1, -0.05) is 19.1 Å². The Balaban J connectivity index is 1.83. The third-order valence-electron chi connectivity index (χ3n) is 4.49. The van der Waals surface area contributed by atoms with Crippen LogP contribution in [0.3, 0.4) is 0 Å². The van der Waals surface area contributed by atoms with Crippen molar-refractivity contribution in [1.82, 2.24) is 5.32 Å². The Kier molecular flexibility index (Phi) is 4.06. The Morgan fingerprint density at radius 3 is 3.05 bits per heavy atom. The van der Waals surface area contributed by atoms with Crippen LogP contribution < -0.4 is 10.1 Å². The van der Waals surface area contributed by atoms with Gasteiger partial charge in [0.25, 0.3) is 0 Å². The maximum Gasteiger partial charge on any atom is 0.163 e. The smallest absolute Gasteiger partial charge is 0.163 e. The van der Waals surface area contributed by atoms with Crippen molar-refractivity contribution in [3.63, 3.8) is 0 Å². The second kappa shape index (κ2) is 5.96. The molecule has 0 saturated carbocycles. The van der Waals surface area contributed by atoms with E-state index in [1.807, 2.05) is 18.2 Å². The molecule has 0 bridgehead atoms. The number of hydrogen-bond acceptors (Lipinski definition) is 3. The van der Waals surface area contributed by atoms with Gasteiger partial charge in [-0.05, 0) is 38.3 Å². The molecule has 0 amide bonds. The molecule has 1 aliphatic heterocycles. The quantitative estimate of drug-likeness (QED) is 0.900. The largest absolute Gasteiger partial charge is 0.490 e. The molecule has 0 radical (unpaired) electrons. The molecule has 0 aromatic heterocycles. The summed E-state index contributed by atoms with van der Waals surface area (Å²) in [6, 6.07) is 5.93. The van der Waals surface area contributed by atoms with E-state index in [4.69, 9.17) is 4.74 Å². The standard InChI is InChI=1S/C17H23NO2/c1-12-11-18-10-4-9-16(12)20-17-8-3-5-13-14(17)6-2-7-15(13)19/h3,5,8,12,16,18H,2,4,6-7,9-11H2,1H3. The van der Waals surface area contributed by atoms with Crippen molar-refractivity contribution >= 4 is 5.78 Å². The molecule has 3 rings (SSSR count).